The van der Waals surface area contributed by atoms with Crippen molar-refractivity contribution in [3.8, 4) is 0 Å². The van der Waals surface area contributed by atoms with Gasteiger partial charge in [0.05, 0.1) is 0 Å². The summed E-state index contributed by atoms with van der Waals surface area (Å²) in [7, 11) is 0. The Balaban J connectivity index is 1.65. The van der Waals surface area contributed by atoms with Crippen LogP contribution in [0.25, 0.3) is 0 Å². The third-order valence-electron chi connectivity index (χ3n) is 5.07. The van der Waals surface area contributed by atoms with Gasteiger partial charge in [-0.3, -0.25) is 4.79 Å². The molecule has 0 bridgehead atoms. The number of likely N-dealkylation sites (tertiary alicyclic amines) is 2. The molecular formula is C17H30N2O3. The van der Waals surface area contributed by atoms with E-state index >= 15 is 0 Å². The van der Waals surface area contributed by atoms with Crippen LogP contribution in [0.5, 0.6) is 0 Å². The van der Waals surface area contributed by atoms with Crippen molar-refractivity contribution in [3.05, 3.63) is 0 Å². The van der Waals surface area contributed by atoms with Gasteiger partial charge in [0, 0.05) is 19.6 Å². The molecule has 22 heavy (non-hydrogen) atoms. The Labute approximate surface area is 134 Å². The predicted molar refractivity (Wildman–Crippen MR) is 85.8 cm³/mol. The lowest BCUT2D eigenvalue weighted by Crippen LogP contribution is -2.43. The summed E-state index contributed by atoms with van der Waals surface area (Å²) in [6, 6.07) is 0. The molecule has 2 aliphatic rings. The first kappa shape index (κ1) is 17.3. The first-order valence-corrected chi connectivity index (χ1v) is 8.72. The SMILES string of the molecule is CCC1CCN(CC2CCN(C(=O)OCC(C)=O)CC2)CC1. The Morgan fingerprint density at radius 3 is 2.14 bits per heavy atom. The molecule has 0 saturated carbocycles. The van der Waals surface area contributed by atoms with Crippen LogP contribution in [-0.4, -0.2) is 61.0 Å². The van der Waals surface area contributed by atoms with Crippen LogP contribution in [-0.2, 0) is 9.53 Å². The van der Waals surface area contributed by atoms with Crippen LogP contribution >= 0.6 is 0 Å². The van der Waals surface area contributed by atoms with Crippen LogP contribution in [0.4, 0.5) is 4.79 Å². The number of ketones is 1. The number of Topliss-reactive ketones (excluding diaryl/α,β-unsaturated/α-hetero) is 1. The van der Waals surface area contributed by atoms with E-state index < -0.39 is 0 Å². The smallest absolute Gasteiger partial charge is 0.410 e. The molecule has 0 aromatic rings. The van der Waals surface area contributed by atoms with Crippen LogP contribution < -0.4 is 0 Å². The van der Waals surface area contributed by atoms with Crippen LogP contribution in [0.15, 0.2) is 0 Å². The molecule has 0 spiro atoms. The first-order chi connectivity index (χ1) is 10.6. The van der Waals surface area contributed by atoms with Crippen molar-refractivity contribution in [1.82, 2.24) is 9.80 Å². The number of piperidine rings is 2. The zero-order chi connectivity index (χ0) is 15.9. The van der Waals surface area contributed by atoms with E-state index in [2.05, 4.69) is 11.8 Å². The molecule has 2 aliphatic heterocycles. The maximum absolute atomic E-state index is 11.8. The molecule has 0 aliphatic carbocycles. The maximum Gasteiger partial charge on any atom is 0.410 e. The van der Waals surface area contributed by atoms with Gasteiger partial charge in [-0.1, -0.05) is 13.3 Å². The molecule has 0 atom stereocenters. The second-order valence-corrected chi connectivity index (χ2v) is 6.84. The molecular weight excluding hydrogens is 280 g/mol. The Kier molecular flexibility index (Phi) is 6.68. The van der Waals surface area contributed by atoms with Gasteiger partial charge in [0.25, 0.3) is 0 Å². The molecule has 2 heterocycles. The van der Waals surface area contributed by atoms with Crippen molar-refractivity contribution in [1.29, 1.82) is 0 Å². The Bertz CT molecular complexity index is 370. The van der Waals surface area contributed by atoms with E-state index in [1.807, 2.05) is 0 Å². The summed E-state index contributed by atoms with van der Waals surface area (Å²) in [6.07, 6.45) is 5.75. The quantitative estimate of drug-likeness (QED) is 0.783. The summed E-state index contributed by atoms with van der Waals surface area (Å²) in [5.41, 5.74) is 0. The zero-order valence-electron chi connectivity index (χ0n) is 14.1. The van der Waals surface area contributed by atoms with Crippen LogP contribution in [0.1, 0.15) is 46.0 Å². The molecule has 2 saturated heterocycles. The van der Waals surface area contributed by atoms with Gasteiger partial charge in [0.1, 0.15) is 0 Å². The standard InChI is InChI=1S/C17H30N2O3/c1-3-15-4-8-18(9-5-15)12-16-6-10-19(11-7-16)17(21)22-13-14(2)20/h15-16H,3-13H2,1-2H3. The van der Waals surface area contributed by atoms with Gasteiger partial charge in [-0.05, 0) is 57.5 Å². The average molecular weight is 310 g/mol. The Morgan fingerprint density at radius 1 is 1.00 bits per heavy atom. The number of hydrogen-bond acceptors (Lipinski definition) is 4. The van der Waals surface area contributed by atoms with E-state index in [9.17, 15) is 9.59 Å². The van der Waals surface area contributed by atoms with E-state index in [-0.39, 0.29) is 18.5 Å². The molecule has 2 fully saturated rings. The van der Waals surface area contributed by atoms with Crippen molar-refractivity contribution in [3.63, 3.8) is 0 Å². The van der Waals surface area contributed by atoms with Gasteiger partial charge in [0.15, 0.2) is 12.4 Å². The minimum absolute atomic E-state index is 0.106. The van der Waals surface area contributed by atoms with Gasteiger partial charge in [-0.2, -0.15) is 0 Å². The molecule has 0 N–H and O–H groups in total. The monoisotopic (exact) mass is 310 g/mol. The lowest BCUT2D eigenvalue weighted by molar-refractivity contribution is -0.120. The molecule has 0 aromatic heterocycles. The van der Waals surface area contributed by atoms with Crippen molar-refractivity contribution in [2.45, 2.75) is 46.0 Å². The van der Waals surface area contributed by atoms with E-state index in [4.69, 9.17) is 4.74 Å². The number of carbonyl (C=O) groups is 2. The zero-order valence-corrected chi connectivity index (χ0v) is 14.1. The van der Waals surface area contributed by atoms with Crippen molar-refractivity contribution < 1.29 is 14.3 Å². The number of nitrogens with zero attached hydrogens (tertiary/aromatic N) is 2. The highest BCUT2D eigenvalue weighted by Crippen LogP contribution is 2.24. The summed E-state index contributed by atoms with van der Waals surface area (Å²) in [6.45, 7) is 8.78. The largest absolute Gasteiger partial charge is 0.441 e. The summed E-state index contributed by atoms with van der Waals surface area (Å²) < 4.78 is 4.98. The molecule has 0 aromatic carbocycles. The van der Waals surface area contributed by atoms with Gasteiger partial charge < -0.3 is 14.5 Å². The molecule has 0 unspecified atom stereocenters. The summed E-state index contributed by atoms with van der Waals surface area (Å²) in [5.74, 6) is 1.50. The predicted octanol–water partition coefficient (Wildman–Crippen LogP) is 2.55. The molecule has 126 valence electrons. The van der Waals surface area contributed by atoms with Crippen LogP contribution in [0.3, 0.4) is 0 Å². The molecule has 1 amide bonds. The fourth-order valence-corrected chi connectivity index (χ4v) is 3.50. The van der Waals surface area contributed by atoms with Crippen molar-refractivity contribution in [2.75, 3.05) is 39.3 Å². The topological polar surface area (TPSA) is 49.9 Å². The van der Waals surface area contributed by atoms with Crippen LogP contribution in [0.2, 0.25) is 0 Å². The van der Waals surface area contributed by atoms with Crippen LogP contribution in [0, 0.1) is 11.8 Å². The van der Waals surface area contributed by atoms with E-state index in [0.717, 1.165) is 31.8 Å². The average Bonchev–Trinajstić information content (AvgIpc) is 2.54. The summed E-state index contributed by atoms with van der Waals surface area (Å²) in [4.78, 5) is 27.0. The number of rotatable bonds is 5. The highest BCUT2D eigenvalue weighted by atomic mass is 16.6. The van der Waals surface area contributed by atoms with E-state index in [1.165, 1.54) is 45.8 Å². The van der Waals surface area contributed by atoms with Crippen molar-refractivity contribution in [2.24, 2.45) is 11.8 Å². The van der Waals surface area contributed by atoms with Gasteiger partial charge in [-0.25, -0.2) is 4.79 Å². The normalized spacial score (nSPS) is 21.8. The maximum atomic E-state index is 11.8. The lowest BCUT2D eigenvalue weighted by Gasteiger charge is -2.37. The summed E-state index contributed by atoms with van der Waals surface area (Å²) in [5, 5.41) is 0. The Hall–Kier alpha value is -1.10. The molecule has 2 rings (SSSR count). The first-order valence-electron chi connectivity index (χ1n) is 8.72. The van der Waals surface area contributed by atoms with Gasteiger partial charge in [0.2, 0.25) is 0 Å². The minimum Gasteiger partial charge on any atom is -0.441 e. The van der Waals surface area contributed by atoms with Crippen molar-refractivity contribution >= 4 is 11.9 Å². The third kappa shape index (κ3) is 5.27. The minimum atomic E-state index is -0.336. The van der Waals surface area contributed by atoms with E-state index in [0.29, 0.717) is 5.92 Å². The second kappa shape index (κ2) is 8.51. The number of hydrogen-bond donors (Lipinski definition) is 0. The fraction of sp³-hybridized carbons (Fsp3) is 0.882. The highest BCUT2D eigenvalue weighted by molar-refractivity contribution is 5.79. The van der Waals surface area contributed by atoms with Gasteiger partial charge in [-0.15, -0.1) is 0 Å². The van der Waals surface area contributed by atoms with Gasteiger partial charge >= 0.3 is 6.09 Å². The Morgan fingerprint density at radius 2 is 1.59 bits per heavy atom. The number of ether oxygens (including phenoxy) is 1. The number of carbonyl (C=O) groups excluding carboxylic acids is 2. The molecule has 5 heteroatoms. The number of amides is 1. The lowest BCUT2D eigenvalue weighted by atomic mass is 9.92. The molecule has 0 radical (unpaired) electrons. The van der Waals surface area contributed by atoms with E-state index in [1.54, 1.807) is 4.90 Å². The fourth-order valence-electron chi connectivity index (χ4n) is 3.50. The second-order valence-electron chi connectivity index (χ2n) is 6.84. The summed E-state index contributed by atoms with van der Waals surface area (Å²) >= 11 is 0. The highest BCUT2D eigenvalue weighted by Gasteiger charge is 2.26. The third-order valence-corrected chi connectivity index (χ3v) is 5.07. The molecule has 5 nitrogen and oxygen atoms in total.